The Morgan fingerprint density at radius 3 is 2.81 bits per heavy atom. The third-order valence-corrected chi connectivity index (χ3v) is 2.77. The topological polar surface area (TPSA) is 24.4 Å². The number of hydrogen-bond donors (Lipinski definition) is 1. The van der Waals surface area contributed by atoms with Crippen molar-refractivity contribution in [3.63, 3.8) is 0 Å². The average Bonchev–Trinajstić information content (AvgIpc) is 2.48. The molecule has 3 heteroatoms. The lowest BCUT2D eigenvalue weighted by atomic mass is 10.2. The van der Waals surface area contributed by atoms with Gasteiger partial charge >= 0.3 is 0 Å². The normalized spacial score (nSPS) is 12.3. The maximum atomic E-state index is 5.94. The molecule has 1 aliphatic rings. The number of aliphatic imine (C=N–C) groups is 1. The zero-order valence-electron chi connectivity index (χ0n) is 8.44. The van der Waals surface area contributed by atoms with Crippen molar-refractivity contribution in [3.8, 4) is 0 Å². The summed E-state index contributed by atoms with van der Waals surface area (Å²) >= 11 is 5.94. The molecule has 1 N–H and O–H groups in total. The molecular weight excluding hydrogens is 220 g/mol. The number of benzene rings is 2. The van der Waals surface area contributed by atoms with E-state index in [1.54, 1.807) is 0 Å². The fraction of sp³-hybridized carbons (Fsp3) is 0. The molecule has 2 aromatic carbocycles. The van der Waals surface area contributed by atoms with Crippen LogP contribution in [-0.4, -0.2) is 6.21 Å². The quantitative estimate of drug-likeness (QED) is 0.614. The summed E-state index contributed by atoms with van der Waals surface area (Å²) in [6.45, 7) is 0. The summed E-state index contributed by atoms with van der Waals surface area (Å²) in [6.07, 6.45) is 1.85. The van der Waals surface area contributed by atoms with Gasteiger partial charge in [0.15, 0.2) is 0 Å². The first-order valence-electron chi connectivity index (χ1n) is 5.02. The van der Waals surface area contributed by atoms with Gasteiger partial charge in [-0.25, -0.2) is 0 Å². The summed E-state index contributed by atoms with van der Waals surface area (Å²) in [5, 5.41) is 4.04. The monoisotopic (exact) mass is 228 g/mol. The van der Waals surface area contributed by atoms with Gasteiger partial charge in [0.25, 0.3) is 0 Å². The predicted molar refractivity (Wildman–Crippen MR) is 68.4 cm³/mol. The number of anilines is 2. The standard InChI is InChI=1S/C13H9ClN2/c14-10-5-6-12-13(7-10)15-8-9-3-1-2-4-11(9)16-12/h1-8,16H. The van der Waals surface area contributed by atoms with Crippen molar-refractivity contribution < 1.29 is 0 Å². The second kappa shape index (κ2) is 3.65. The fourth-order valence-electron chi connectivity index (χ4n) is 1.72. The molecule has 78 valence electrons. The molecule has 0 saturated heterocycles. The molecule has 0 aromatic heterocycles. The van der Waals surface area contributed by atoms with E-state index >= 15 is 0 Å². The maximum absolute atomic E-state index is 5.94. The zero-order chi connectivity index (χ0) is 11.0. The number of hydrogen-bond acceptors (Lipinski definition) is 2. The van der Waals surface area contributed by atoms with E-state index in [4.69, 9.17) is 11.6 Å². The molecule has 0 aliphatic carbocycles. The van der Waals surface area contributed by atoms with Crippen LogP contribution in [0.15, 0.2) is 47.5 Å². The molecule has 0 spiro atoms. The Kier molecular flexibility index (Phi) is 2.15. The van der Waals surface area contributed by atoms with Crippen LogP contribution < -0.4 is 5.32 Å². The summed E-state index contributed by atoms with van der Waals surface area (Å²) in [4.78, 5) is 4.42. The highest BCUT2D eigenvalue weighted by Gasteiger charge is 2.08. The molecule has 1 aliphatic heterocycles. The molecule has 0 atom stereocenters. The molecule has 16 heavy (non-hydrogen) atoms. The first kappa shape index (κ1) is 9.43. The molecule has 1 heterocycles. The van der Waals surface area contributed by atoms with Crippen LogP contribution in [0.5, 0.6) is 0 Å². The van der Waals surface area contributed by atoms with Gasteiger partial charge in [0, 0.05) is 22.5 Å². The first-order valence-corrected chi connectivity index (χ1v) is 5.40. The van der Waals surface area contributed by atoms with Crippen LogP contribution in [0.1, 0.15) is 5.56 Å². The number of halogens is 1. The van der Waals surface area contributed by atoms with Crippen LogP contribution >= 0.6 is 11.6 Å². The Morgan fingerprint density at radius 2 is 1.88 bits per heavy atom. The molecule has 3 rings (SSSR count). The SMILES string of the molecule is Clc1ccc2c(c1)N=Cc1ccccc1N2. The van der Waals surface area contributed by atoms with Crippen LogP contribution in [0, 0.1) is 0 Å². The van der Waals surface area contributed by atoms with E-state index < -0.39 is 0 Å². The van der Waals surface area contributed by atoms with Crippen LogP contribution in [0.4, 0.5) is 17.1 Å². The largest absolute Gasteiger partial charge is 0.353 e. The van der Waals surface area contributed by atoms with Gasteiger partial charge in [0.2, 0.25) is 0 Å². The molecule has 0 bridgehead atoms. The Bertz CT molecular complexity index is 576. The van der Waals surface area contributed by atoms with E-state index in [1.807, 2.05) is 48.7 Å². The summed E-state index contributed by atoms with van der Waals surface area (Å²) in [7, 11) is 0. The molecule has 2 aromatic rings. The second-order valence-electron chi connectivity index (χ2n) is 3.63. The Hall–Kier alpha value is -1.80. The Labute approximate surface area is 98.6 Å². The van der Waals surface area contributed by atoms with Crippen molar-refractivity contribution in [3.05, 3.63) is 53.1 Å². The van der Waals surface area contributed by atoms with Gasteiger partial charge in [0.05, 0.1) is 11.4 Å². The minimum atomic E-state index is 0.698. The third-order valence-electron chi connectivity index (χ3n) is 2.53. The zero-order valence-corrected chi connectivity index (χ0v) is 9.20. The van der Waals surface area contributed by atoms with E-state index in [-0.39, 0.29) is 0 Å². The van der Waals surface area contributed by atoms with Crippen molar-refractivity contribution >= 4 is 34.9 Å². The van der Waals surface area contributed by atoms with Crippen LogP contribution in [0.2, 0.25) is 5.02 Å². The predicted octanol–water partition coefficient (Wildman–Crippen LogP) is 4.15. The highest BCUT2D eigenvalue weighted by atomic mass is 35.5. The van der Waals surface area contributed by atoms with E-state index in [2.05, 4.69) is 10.3 Å². The van der Waals surface area contributed by atoms with Crippen molar-refractivity contribution in [2.45, 2.75) is 0 Å². The molecular formula is C13H9ClN2. The smallest absolute Gasteiger partial charge is 0.0879 e. The number of nitrogens with zero attached hydrogens (tertiary/aromatic N) is 1. The minimum Gasteiger partial charge on any atom is -0.353 e. The van der Waals surface area contributed by atoms with Gasteiger partial charge in [-0.2, -0.15) is 0 Å². The third kappa shape index (κ3) is 1.57. The van der Waals surface area contributed by atoms with Gasteiger partial charge in [-0.3, -0.25) is 4.99 Å². The highest BCUT2D eigenvalue weighted by molar-refractivity contribution is 6.31. The lowest BCUT2D eigenvalue weighted by Crippen LogP contribution is -1.92. The van der Waals surface area contributed by atoms with Crippen molar-refractivity contribution in [1.82, 2.24) is 0 Å². The summed E-state index contributed by atoms with van der Waals surface area (Å²) in [5.41, 5.74) is 3.98. The van der Waals surface area contributed by atoms with Crippen molar-refractivity contribution in [2.75, 3.05) is 5.32 Å². The molecule has 2 nitrogen and oxygen atoms in total. The molecule has 0 amide bonds. The molecule has 0 saturated carbocycles. The molecule has 0 radical (unpaired) electrons. The maximum Gasteiger partial charge on any atom is 0.0879 e. The first-order chi connectivity index (χ1) is 7.83. The van der Waals surface area contributed by atoms with Crippen molar-refractivity contribution in [2.24, 2.45) is 4.99 Å². The van der Waals surface area contributed by atoms with Gasteiger partial charge in [0.1, 0.15) is 0 Å². The number of fused-ring (bicyclic) bond motifs is 2. The summed E-state index contributed by atoms with van der Waals surface area (Å²) < 4.78 is 0. The second-order valence-corrected chi connectivity index (χ2v) is 4.07. The number of para-hydroxylation sites is 1. The van der Waals surface area contributed by atoms with Gasteiger partial charge in [-0.1, -0.05) is 29.8 Å². The van der Waals surface area contributed by atoms with Gasteiger partial charge < -0.3 is 5.32 Å². The summed E-state index contributed by atoms with van der Waals surface area (Å²) in [5.74, 6) is 0. The molecule has 0 fully saturated rings. The van der Waals surface area contributed by atoms with E-state index in [0.717, 1.165) is 22.6 Å². The van der Waals surface area contributed by atoms with Gasteiger partial charge in [-0.05, 0) is 24.3 Å². The fourth-order valence-corrected chi connectivity index (χ4v) is 1.89. The highest BCUT2D eigenvalue weighted by Crippen LogP contribution is 2.33. The van der Waals surface area contributed by atoms with E-state index in [9.17, 15) is 0 Å². The number of nitrogens with one attached hydrogen (secondary N) is 1. The minimum absolute atomic E-state index is 0.698. The molecule has 0 unspecified atom stereocenters. The van der Waals surface area contributed by atoms with Crippen LogP contribution in [0.3, 0.4) is 0 Å². The van der Waals surface area contributed by atoms with Crippen LogP contribution in [-0.2, 0) is 0 Å². The number of rotatable bonds is 0. The lowest BCUT2D eigenvalue weighted by Gasteiger charge is -2.08. The average molecular weight is 229 g/mol. The van der Waals surface area contributed by atoms with Gasteiger partial charge in [-0.15, -0.1) is 0 Å². The Balaban J connectivity index is 2.17. The lowest BCUT2D eigenvalue weighted by molar-refractivity contribution is 1.51. The van der Waals surface area contributed by atoms with Crippen molar-refractivity contribution in [1.29, 1.82) is 0 Å². The summed E-state index contributed by atoms with van der Waals surface area (Å²) in [6, 6.07) is 13.7. The van der Waals surface area contributed by atoms with E-state index in [0.29, 0.717) is 5.02 Å². The Morgan fingerprint density at radius 1 is 1.00 bits per heavy atom. The van der Waals surface area contributed by atoms with Crippen LogP contribution in [0.25, 0.3) is 0 Å². The van der Waals surface area contributed by atoms with E-state index in [1.165, 1.54) is 0 Å².